The fraction of sp³-hybridized carbons (Fsp3) is 1.00. The van der Waals surface area contributed by atoms with Gasteiger partial charge in [0.2, 0.25) is 0 Å². The van der Waals surface area contributed by atoms with Crippen molar-refractivity contribution >= 4 is 25.8 Å². The van der Waals surface area contributed by atoms with Gasteiger partial charge in [0.25, 0.3) is 0 Å². The molecule has 0 bridgehead atoms. The maximum Gasteiger partial charge on any atom is 0.375 e. The van der Waals surface area contributed by atoms with Crippen molar-refractivity contribution in [3.8, 4) is 0 Å². The first kappa shape index (κ1) is 23.6. The van der Waals surface area contributed by atoms with E-state index < -0.39 is 14.5 Å². The summed E-state index contributed by atoms with van der Waals surface area (Å²) in [4.78, 5) is 0. The van der Waals surface area contributed by atoms with E-state index in [0.29, 0.717) is 19.8 Å². The predicted molar refractivity (Wildman–Crippen MR) is 100 cm³/mol. The van der Waals surface area contributed by atoms with Crippen molar-refractivity contribution in [1.29, 1.82) is 0 Å². The molecule has 0 aliphatic heterocycles. The van der Waals surface area contributed by atoms with Crippen LogP contribution in [-0.4, -0.2) is 33.2 Å². The molecule has 0 aliphatic carbocycles. The topological polar surface area (TPSA) is 66.4 Å². The summed E-state index contributed by atoms with van der Waals surface area (Å²) in [5, 5.41) is 0. The minimum Gasteiger partial charge on any atom is -0.308 e. The summed E-state index contributed by atoms with van der Waals surface area (Å²) in [7, 11) is -1.64. The Hall–Kier alpha value is 0.650. The summed E-state index contributed by atoms with van der Waals surface area (Å²) < 4.78 is 39.8. The summed E-state index contributed by atoms with van der Waals surface area (Å²) >= 11 is 1.07. The molecule has 9 heteroatoms. The van der Waals surface area contributed by atoms with Crippen LogP contribution in [-0.2, 0) is 22.7 Å². The van der Waals surface area contributed by atoms with Crippen molar-refractivity contribution in [2.75, 3.05) is 33.2 Å². The molecule has 23 heavy (non-hydrogen) atoms. The van der Waals surface area contributed by atoms with Crippen LogP contribution in [0, 0.1) is 0 Å². The summed E-state index contributed by atoms with van der Waals surface area (Å²) in [6, 6.07) is 0. The fourth-order valence-electron chi connectivity index (χ4n) is 1.44. The molecule has 0 aromatic heterocycles. The molecule has 0 saturated carbocycles. The Morgan fingerprint density at radius 1 is 0.870 bits per heavy atom. The molecule has 0 aromatic rings. The van der Waals surface area contributed by atoms with Gasteiger partial charge in [-0.25, -0.2) is 0 Å². The van der Waals surface area contributed by atoms with Crippen molar-refractivity contribution in [3.05, 3.63) is 0 Å². The average Bonchev–Trinajstić information content (AvgIpc) is 2.55. The zero-order valence-electron chi connectivity index (χ0n) is 15.2. The van der Waals surface area contributed by atoms with E-state index in [0.717, 1.165) is 49.9 Å². The highest BCUT2D eigenvalue weighted by atomic mass is 32.7. The van der Waals surface area contributed by atoms with Crippen molar-refractivity contribution < 1.29 is 22.7 Å². The molecule has 140 valence electrons. The van der Waals surface area contributed by atoms with E-state index in [9.17, 15) is 4.57 Å². The van der Waals surface area contributed by atoms with Crippen LogP contribution in [0.25, 0.3) is 0 Å². The van der Waals surface area contributed by atoms with Crippen LogP contribution in [0.2, 0.25) is 0 Å². The van der Waals surface area contributed by atoms with Gasteiger partial charge in [-0.3, -0.25) is 4.57 Å². The van der Waals surface area contributed by atoms with Gasteiger partial charge in [-0.2, -0.15) is 0 Å². The summed E-state index contributed by atoms with van der Waals surface area (Å²) in [6.07, 6.45) is 7.32. The van der Waals surface area contributed by atoms with Gasteiger partial charge in [0.05, 0.1) is 19.8 Å². The number of hydrogen-bond acceptors (Lipinski definition) is 6. The van der Waals surface area contributed by atoms with Gasteiger partial charge in [0.15, 0.2) is 0 Å². The van der Waals surface area contributed by atoms with Gasteiger partial charge >= 0.3 is 14.5 Å². The number of rotatable bonds is 15. The molecule has 0 saturated heterocycles. The molecule has 0 heterocycles. The zero-order valence-corrected chi connectivity index (χ0v) is 17.8. The van der Waals surface area contributed by atoms with Gasteiger partial charge < -0.3 is 18.1 Å². The lowest BCUT2D eigenvalue weighted by molar-refractivity contribution is 0.144. The molecule has 0 spiro atoms. The maximum atomic E-state index is 12.6. The van der Waals surface area contributed by atoms with E-state index in [1.165, 1.54) is 7.11 Å². The van der Waals surface area contributed by atoms with Gasteiger partial charge in [-0.15, -0.1) is 4.52 Å². The molecular formula is C14H33NO5P2S. The molecule has 0 amide bonds. The van der Waals surface area contributed by atoms with E-state index in [1.54, 1.807) is 6.26 Å². The second-order valence-corrected chi connectivity index (χ2v) is 11.5. The highest BCUT2D eigenvalue weighted by Crippen LogP contribution is 2.69. The Morgan fingerprint density at radius 3 is 1.52 bits per heavy atom. The third kappa shape index (κ3) is 10.3. The third-order valence-electron chi connectivity index (χ3n) is 2.94. The molecular weight excluding hydrogens is 356 g/mol. The minimum absolute atomic E-state index is 0.476. The molecule has 0 aliphatic rings. The highest BCUT2D eigenvalue weighted by molar-refractivity contribution is 8.56. The van der Waals surface area contributed by atoms with Crippen LogP contribution in [0.15, 0.2) is 4.52 Å². The maximum absolute atomic E-state index is 12.6. The van der Waals surface area contributed by atoms with E-state index in [1.807, 2.05) is 0 Å². The number of unbranched alkanes of at least 4 members (excludes halogenated alkanes) is 3. The van der Waals surface area contributed by atoms with Gasteiger partial charge in [-0.1, -0.05) is 40.0 Å². The second kappa shape index (κ2) is 13.9. The molecule has 0 N–H and O–H groups in total. The molecule has 0 fully saturated rings. The van der Waals surface area contributed by atoms with Crippen LogP contribution in [0.3, 0.4) is 0 Å². The largest absolute Gasteiger partial charge is 0.375 e. The first-order valence-corrected chi connectivity index (χ1v) is 13.2. The molecule has 0 aromatic carbocycles. The lowest BCUT2D eigenvalue weighted by Crippen LogP contribution is -2.04. The highest BCUT2D eigenvalue weighted by Gasteiger charge is 2.31. The third-order valence-corrected chi connectivity index (χ3v) is 9.63. The zero-order chi connectivity index (χ0) is 17.6. The Bertz CT molecular complexity index is 354. The van der Waals surface area contributed by atoms with Gasteiger partial charge in [0, 0.05) is 7.11 Å². The quantitative estimate of drug-likeness (QED) is 0.235. The summed E-state index contributed by atoms with van der Waals surface area (Å²) in [5.74, 6) is 0. The predicted octanol–water partition coefficient (Wildman–Crippen LogP) is 6.50. The van der Waals surface area contributed by atoms with Crippen LogP contribution in [0.1, 0.15) is 59.3 Å². The van der Waals surface area contributed by atoms with Crippen molar-refractivity contribution in [2.24, 2.45) is 4.52 Å². The van der Waals surface area contributed by atoms with Crippen molar-refractivity contribution in [1.82, 2.24) is 0 Å². The smallest absolute Gasteiger partial charge is 0.308 e. The van der Waals surface area contributed by atoms with Crippen molar-refractivity contribution in [3.63, 3.8) is 0 Å². The van der Waals surface area contributed by atoms with Crippen LogP contribution in [0.4, 0.5) is 0 Å². The Morgan fingerprint density at radius 2 is 1.26 bits per heavy atom. The van der Waals surface area contributed by atoms with Gasteiger partial charge in [-0.05, 0) is 36.9 Å². The average molecular weight is 389 g/mol. The first-order valence-electron chi connectivity index (χ1n) is 8.30. The Kier molecular flexibility index (Phi) is 14.3. The lowest BCUT2D eigenvalue weighted by Gasteiger charge is -2.25. The van der Waals surface area contributed by atoms with E-state index in [2.05, 4.69) is 25.3 Å². The Balaban J connectivity index is 5.40. The fourth-order valence-corrected chi connectivity index (χ4v) is 7.08. The summed E-state index contributed by atoms with van der Waals surface area (Å²) in [6.45, 7) is 4.44. The van der Waals surface area contributed by atoms with Gasteiger partial charge in [0.1, 0.15) is 0 Å². The molecule has 0 radical (unpaired) electrons. The SMILES string of the molecule is CCCCOP(=NP(=O)(OC)SC)(OCCCC)OCCCC. The second-order valence-electron chi connectivity index (χ2n) is 4.95. The lowest BCUT2D eigenvalue weighted by atomic mass is 10.4. The standard InChI is InChI=1S/C14H33NO5P2S/c1-6-9-12-18-22(19-13-10-7-2,20-14-11-8-3)15-21(16,17-4)23-5/h6-14H2,1-5H3. The van der Waals surface area contributed by atoms with Crippen molar-refractivity contribution in [2.45, 2.75) is 59.3 Å². The van der Waals surface area contributed by atoms with E-state index in [-0.39, 0.29) is 0 Å². The summed E-state index contributed by atoms with van der Waals surface area (Å²) in [5.41, 5.74) is 0. The molecule has 6 nitrogen and oxygen atoms in total. The van der Waals surface area contributed by atoms with Crippen LogP contribution in [0.5, 0.6) is 0 Å². The van der Waals surface area contributed by atoms with Crippen LogP contribution < -0.4 is 0 Å². The van der Waals surface area contributed by atoms with E-state index in [4.69, 9.17) is 18.1 Å². The van der Waals surface area contributed by atoms with E-state index >= 15 is 0 Å². The Labute approximate surface area is 145 Å². The monoisotopic (exact) mass is 389 g/mol. The number of nitrogens with zero attached hydrogens (tertiary/aromatic N) is 1. The van der Waals surface area contributed by atoms with Crippen LogP contribution >= 0.6 is 25.8 Å². The normalized spacial score (nSPS) is 14.7. The molecule has 0 rings (SSSR count). The molecule has 1 atom stereocenters. The minimum atomic E-state index is -3.23. The number of hydrogen-bond donors (Lipinski definition) is 0. The molecule has 1 unspecified atom stereocenters. The first-order chi connectivity index (χ1) is 11.0.